The number of rotatable bonds is 1. The summed E-state index contributed by atoms with van der Waals surface area (Å²) in [5.41, 5.74) is 5.36. The van der Waals surface area contributed by atoms with Gasteiger partial charge in [-0.3, -0.25) is 0 Å². The van der Waals surface area contributed by atoms with Crippen LogP contribution in [0.5, 0.6) is 0 Å². The summed E-state index contributed by atoms with van der Waals surface area (Å²) in [6, 6.07) is 0. The molecular formula is C4H6IN3S. The van der Waals surface area contributed by atoms with Gasteiger partial charge in [0.1, 0.15) is 0 Å². The molecule has 0 saturated heterocycles. The number of aromatic nitrogens is 2. The molecular weight excluding hydrogens is 249 g/mol. The van der Waals surface area contributed by atoms with E-state index >= 15 is 0 Å². The first-order valence-corrected chi connectivity index (χ1v) is 4.45. The first-order chi connectivity index (χ1) is 4.20. The topological polar surface area (TPSA) is 51.8 Å². The number of hydrogen-bond acceptors (Lipinski definition) is 4. The highest BCUT2D eigenvalue weighted by molar-refractivity contribution is 14.1. The minimum absolute atomic E-state index is 0.358. The van der Waals surface area contributed by atoms with Gasteiger partial charge in [-0.15, -0.1) is 0 Å². The van der Waals surface area contributed by atoms with Gasteiger partial charge in [0, 0.05) is 11.5 Å². The third-order valence-corrected chi connectivity index (χ3v) is 1.93. The van der Waals surface area contributed by atoms with Crippen molar-refractivity contribution < 1.29 is 0 Å². The number of alkyl halides is 1. The molecule has 0 aromatic carbocycles. The zero-order chi connectivity index (χ0) is 6.85. The highest BCUT2D eigenvalue weighted by Gasteiger charge is 2.05. The minimum atomic E-state index is 0.358. The average molecular weight is 255 g/mol. The molecule has 0 aliphatic heterocycles. The van der Waals surface area contributed by atoms with Gasteiger partial charge in [0.15, 0.2) is 11.0 Å². The van der Waals surface area contributed by atoms with Crippen LogP contribution in [0.4, 0.5) is 5.13 Å². The number of hydrogen-bond donors (Lipinski definition) is 1. The lowest BCUT2D eigenvalue weighted by atomic mass is 10.5. The van der Waals surface area contributed by atoms with Crippen LogP contribution in [0.3, 0.4) is 0 Å². The van der Waals surface area contributed by atoms with Crippen molar-refractivity contribution in [3.05, 3.63) is 5.82 Å². The molecule has 0 spiro atoms. The molecule has 0 aliphatic carbocycles. The molecule has 1 aromatic rings. The second kappa shape index (κ2) is 2.78. The lowest BCUT2D eigenvalue weighted by Crippen LogP contribution is -1.87. The van der Waals surface area contributed by atoms with E-state index in [1.54, 1.807) is 0 Å². The Balaban J connectivity index is 2.85. The summed E-state index contributed by atoms with van der Waals surface area (Å²) in [4.78, 5) is 3.99. The van der Waals surface area contributed by atoms with E-state index in [-0.39, 0.29) is 0 Å². The Morgan fingerprint density at radius 1 is 1.78 bits per heavy atom. The van der Waals surface area contributed by atoms with Crippen molar-refractivity contribution in [1.29, 1.82) is 0 Å². The minimum Gasteiger partial charge on any atom is -0.374 e. The molecule has 1 aromatic heterocycles. The van der Waals surface area contributed by atoms with Crippen LogP contribution < -0.4 is 5.73 Å². The lowest BCUT2D eigenvalue weighted by molar-refractivity contribution is 1.01. The molecule has 0 amide bonds. The standard InChI is InChI=1S/C4H6IN3S/c1-2(5)3-7-4(6)9-8-3/h2H,1H3,(H2,6,7,8). The van der Waals surface area contributed by atoms with Gasteiger partial charge in [0.05, 0.1) is 3.92 Å². The molecule has 0 aliphatic rings. The van der Waals surface area contributed by atoms with E-state index in [0.717, 1.165) is 5.82 Å². The summed E-state index contributed by atoms with van der Waals surface area (Å²) in [6.45, 7) is 2.03. The molecule has 5 heteroatoms. The van der Waals surface area contributed by atoms with Crippen LogP contribution in [0.2, 0.25) is 0 Å². The van der Waals surface area contributed by atoms with Crippen LogP contribution in [0.15, 0.2) is 0 Å². The monoisotopic (exact) mass is 255 g/mol. The van der Waals surface area contributed by atoms with Crippen LogP contribution in [-0.4, -0.2) is 9.36 Å². The summed E-state index contributed by atoms with van der Waals surface area (Å²) < 4.78 is 4.37. The number of nitrogen functional groups attached to an aromatic ring is 1. The highest BCUT2D eigenvalue weighted by Crippen LogP contribution is 2.20. The number of anilines is 1. The number of nitrogens with two attached hydrogens (primary N) is 1. The maximum atomic E-state index is 5.36. The Morgan fingerprint density at radius 3 is 2.67 bits per heavy atom. The fraction of sp³-hybridized carbons (Fsp3) is 0.500. The Morgan fingerprint density at radius 2 is 2.44 bits per heavy atom. The Hall–Kier alpha value is 0.0900. The van der Waals surface area contributed by atoms with Gasteiger partial charge in [-0.05, 0) is 6.92 Å². The first-order valence-electron chi connectivity index (χ1n) is 2.43. The van der Waals surface area contributed by atoms with Gasteiger partial charge in [0.25, 0.3) is 0 Å². The van der Waals surface area contributed by atoms with Crippen molar-refractivity contribution in [2.45, 2.75) is 10.8 Å². The molecule has 0 bridgehead atoms. The molecule has 0 radical (unpaired) electrons. The predicted octanol–water partition coefficient (Wildman–Crippen LogP) is 1.62. The second-order valence-electron chi connectivity index (χ2n) is 1.61. The normalized spacial score (nSPS) is 13.6. The van der Waals surface area contributed by atoms with Crippen LogP contribution in [0.25, 0.3) is 0 Å². The summed E-state index contributed by atoms with van der Waals surface area (Å²) in [5.74, 6) is 0.832. The van der Waals surface area contributed by atoms with E-state index in [2.05, 4.69) is 31.9 Å². The van der Waals surface area contributed by atoms with Crippen LogP contribution in [-0.2, 0) is 0 Å². The summed E-state index contributed by atoms with van der Waals surface area (Å²) in [5, 5.41) is 0.550. The fourth-order valence-corrected chi connectivity index (χ4v) is 1.40. The van der Waals surface area contributed by atoms with E-state index < -0.39 is 0 Å². The van der Waals surface area contributed by atoms with Crippen LogP contribution in [0.1, 0.15) is 16.7 Å². The number of halogens is 1. The quantitative estimate of drug-likeness (QED) is 0.612. The highest BCUT2D eigenvalue weighted by atomic mass is 127. The SMILES string of the molecule is CC(I)c1nsc(N)n1. The number of nitrogens with zero attached hydrogens (tertiary/aromatic N) is 2. The molecule has 9 heavy (non-hydrogen) atoms. The van der Waals surface area contributed by atoms with Crippen molar-refractivity contribution in [1.82, 2.24) is 9.36 Å². The molecule has 1 unspecified atom stereocenters. The van der Waals surface area contributed by atoms with Crippen molar-refractivity contribution >= 4 is 39.3 Å². The van der Waals surface area contributed by atoms with E-state index in [1.807, 2.05) is 6.92 Å². The summed E-state index contributed by atoms with van der Waals surface area (Å²) >= 11 is 3.49. The molecule has 2 N–H and O–H groups in total. The van der Waals surface area contributed by atoms with Gasteiger partial charge in [0.2, 0.25) is 0 Å². The molecule has 1 rings (SSSR count). The molecule has 3 nitrogen and oxygen atoms in total. The van der Waals surface area contributed by atoms with Crippen molar-refractivity contribution in [3.8, 4) is 0 Å². The first kappa shape index (κ1) is 7.20. The average Bonchev–Trinajstić information content (AvgIpc) is 2.14. The van der Waals surface area contributed by atoms with Crippen molar-refractivity contribution in [2.75, 3.05) is 5.73 Å². The zero-order valence-corrected chi connectivity index (χ0v) is 7.81. The van der Waals surface area contributed by atoms with E-state index in [1.165, 1.54) is 11.5 Å². The van der Waals surface area contributed by atoms with Gasteiger partial charge in [-0.25, -0.2) is 4.98 Å². The molecule has 0 fully saturated rings. The third kappa shape index (κ3) is 1.75. The van der Waals surface area contributed by atoms with E-state index in [9.17, 15) is 0 Å². The van der Waals surface area contributed by atoms with Crippen molar-refractivity contribution in [2.24, 2.45) is 0 Å². The lowest BCUT2D eigenvalue weighted by Gasteiger charge is -1.90. The molecule has 50 valence electrons. The van der Waals surface area contributed by atoms with Gasteiger partial charge < -0.3 is 5.73 Å². The van der Waals surface area contributed by atoms with Gasteiger partial charge >= 0.3 is 0 Å². The largest absolute Gasteiger partial charge is 0.374 e. The second-order valence-corrected chi connectivity index (χ2v) is 4.26. The molecule has 0 saturated carbocycles. The third-order valence-electron chi connectivity index (χ3n) is 0.813. The fourth-order valence-electron chi connectivity index (χ4n) is 0.409. The van der Waals surface area contributed by atoms with Gasteiger partial charge in [-0.1, -0.05) is 22.6 Å². The summed E-state index contributed by atoms with van der Waals surface area (Å²) in [7, 11) is 0. The zero-order valence-electron chi connectivity index (χ0n) is 4.84. The van der Waals surface area contributed by atoms with Crippen LogP contribution in [0, 0.1) is 0 Å². The Bertz CT molecular complexity index is 197. The van der Waals surface area contributed by atoms with Crippen LogP contribution >= 0.6 is 34.1 Å². The molecule has 1 heterocycles. The Kier molecular flexibility index (Phi) is 2.23. The smallest absolute Gasteiger partial charge is 0.199 e. The maximum Gasteiger partial charge on any atom is 0.199 e. The van der Waals surface area contributed by atoms with Crippen molar-refractivity contribution in [3.63, 3.8) is 0 Å². The predicted molar refractivity (Wildman–Crippen MR) is 46.8 cm³/mol. The van der Waals surface area contributed by atoms with E-state index in [0.29, 0.717) is 9.06 Å². The Labute approximate surface area is 71.0 Å². The van der Waals surface area contributed by atoms with Gasteiger partial charge in [-0.2, -0.15) is 4.37 Å². The maximum absolute atomic E-state index is 5.36. The molecule has 1 atom stereocenters. The summed E-state index contributed by atoms with van der Waals surface area (Å²) in [6.07, 6.45) is 0. The van der Waals surface area contributed by atoms with E-state index in [4.69, 9.17) is 5.73 Å².